The Kier molecular flexibility index (Phi) is 5.91. The largest absolute Gasteiger partial charge is 0.494 e. The van der Waals surface area contributed by atoms with E-state index in [-0.39, 0.29) is 17.7 Å². The summed E-state index contributed by atoms with van der Waals surface area (Å²) in [6.45, 7) is 2.53. The number of hydrazone groups is 1. The number of benzene rings is 1. The normalized spacial score (nSPS) is 11.3. The molecule has 0 saturated heterocycles. The van der Waals surface area contributed by atoms with Crippen LogP contribution in [0.3, 0.4) is 0 Å². The molecule has 3 rings (SSSR count). The van der Waals surface area contributed by atoms with Gasteiger partial charge in [0.15, 0.2) is 11.2 Å². The summed E-state index contributed by atoms with van der Waals surface area (Å²) in [7, 11) is 2.90. The minimum absolute atomic E-state index is 0.162. The van der Waals surface area contributed by atoms with Gasteiger partial charge in [0.05, 0.1) is 19.1 Å². The molecule has 2 aromatic heterocycles. The second-order valence-electron chi connectivity index (χ2n) is 6.46. The van der Waals surface area contributed by atoms with Gasteiger partial charge in [-0.3, -0.25) is 18.7 Å². The zero-order valence-corrected chi connectivity index (χ0v) is 16.5. The third kappa shape index (κ3) is 4.26. The number of carbonyl (C=O) groups excluding carboxylic acids is 1. The summed E-state index contributed by atoms with van der Waals surface area (Å²) in [5.74, 6) is 0.343. The van der Waals surface area contributed by atoms with Crippen molar-refractivity contribution in [2.24, 2.45) is 19.2 Å². The van der Waals surface area contributed by atoms with Crippen molar-refractivity contribution in [2.45, 2.75) is 19.9 Å². The first-order valence-electron chi connectivity index (χ1n) is 9.08. The number of nitrogens with one attached hydrogen (secondary N) is 1. The molecule has 0 spiro atoms. The van der Waals surface area contributed by atoms with E-state index in [0.717, 1.165) is 22.3 Å². The molecule has 0 saturated carbocycles. The number of aromatic nitrogens is 4. The lowest BCUT2D eigenvalue weighted by Gasteiger charge is -2.06. The molecule has 0 atom stereocenters. The van der Waals surface area contributed by atoms with E-state index in [4.69, 9.17) is 4.74 Å². The molecule has 0 aliphatic rings. The number of amides is 1. The van der Waals surface area contributed by atoms with Crippen molar-refractivity contribution in [2.75, 3.05) is 6.61 Å². The second-order valence-corrected chi connectivity index (χ2v) is 6.46. The van der Waals surface area contributed by atoms with Gasteiger partial charge in [-0.05, 0) is 36.2 Å². The third-order valence-electron chi connectivity index (χ3n) is 4.29. The van der Waals surface area contributed by atoms with Gasteiger partial charge in [0.2, 0.25) is 0 Å². The van der Waals surface area contributed by atoms with E-state index >= 15 is 0 Å². The maximum atomic E-state index is 12.4. The molecule has 0 bridgehead atoms. The molecule has 0 aliphatic heterocycles. The minimum atomic E-state index is -0.512. The number of imidazole rings is 1. The summed E-state index contributed by atoms with van der Waals surface area (Å²) in [6.07, 6.45) is 3.80. The fourth-order valence-corrected chi connectivity index (χ4v) is 2.76. The molecule has 29 heavy (non-hydrogen) atoms. The quantitative estimate of drug-likeness (QED) is 0.457. The number of carbonyl (C=O) groups is 1. The first kappa shape index (κ1) is 20.1. The van der Waals surface area contributed by atoms with Crippen LogP contribution in [-0.4, -0.2) is 37.4 Å². The van der Waals surface area contributed by atoms with E-state index < -0.39 is 17.2 Å². The summed E-state index contributed by atoms with van der Waals surface area (Å²) < 4.78 is 9.14. The Balaban J connectivity index is 1.68. The molecule has 0 unspecified atom stereocenters. The Bertz CT molecular complexity index is 1170. The van der Waals surface area contributed by atoms with Crippen molar-refractivity contribution >= 4 is 23.3 Å². The van der Waals surface area contributed by atoms with E-state index in [1.807, 2.05) is 31.2 Å². The van der Waals surface area contributed by atoms with Crippen LogP contribution in [0.1, 0.15) is 18.9 Å². The lowest BCUT2D eigenvalue weighted by atomic mass is 10.2. The second kappa shape index (κ2) is 8.55. The van der Waals surface area contributed by atoms with Crippen LogP contribution < -0.4 is 21.4 Å². The molecular formula is C19H22N6O4. The highest BCUT2D eigenvalue weighted by atomic mass is 16.5. The van der Waals surface area contributed by atoms with E-state index in [2.05, 4.69) is 15.5 Å². The fraction of sp³-hybridized carbons (Fsp3) is 0.316. The first-order valence-corrected chi connectivity index (χ1v) is 9.08. The number of hydrogen-bond donors (Lipinski definition) is 1. The monoisotopic (exact) mass is 398 g/mol. The van der Waals surface area contributed by atoms with Crippen molar-refractivity contribution in [1.82, 2.24) is 24.1 Å². The van der Waals surface area contributed by atoms with Crippen molar-refractivity contribution < 1.29 is 9.53 Å². The topological polar surface area (TPSA) is 113 Å². The Morgan fingerprint density at radius 2 is 1.93 bits per heavy atom. The van der Waals surface area contributed by atoms with Gasteiger partial charge in [-0.2, -0.15) is 5.10 Å². The highest BCUT2D eigenvalue weighted by Crippen LogP contribution is 2.11. The number of hydrogen-bond acceptors (Lipinski definition) is 6. The van der Waals surface area contributed by atoms with Crippen molar-refractivity contribution in [3.05, 3.63) is 57.0 Å². The molecule has 0 radical (unpaired) electrons. The summed E-state index contributed by atoms with van der Waals surface area (Å²) >= 11 is 0. The minimum Gasteiger partial charge on any atom is -0.494 e. The average Bonchev–Trinajstić information content (AvgIpc) is 3.13. The third-order valence-corrected chi connectivity index (χ3v) is 4.29. The average molecular weight is 398 g/mol. The molecule has 0 aliphatic carbocycles. The Labute approximate surface area is 166 Å². The van der Waals surface area contributed by atoms with Crippen LogP contribution in [0.2, 0.25) is 0 Å². The van der Waals surface area contributed by atoms with Crippen LogP contribution >= 0.6 is 0 Å². The van der Waals surface area contributed by atoms with E-state index in [9.17, 15) is 14.4 Å². The molecule has 1 N–H and O–H groups in total. The van der Waals surface area contributed by atoms with Gasteiger partial charge in [-0.1, -0.05) is 6.92 Å². The van der Waals surface area contributed by atoms with Gasteiger partial charge in [-0.15, -0.1) is 0 Å². The van der Waals surface area contributed by atoms with Gasteiger partial charge < -0.3 is 9.30 Å². The predicted molar refractivity (Wildman–Crippen MR) is 108 cm³/mol. The molecule has 3 aromatic rings. The van der Waals surface area contributed by atoms with Crippen LogP contribution in [0.25, 0.3) is 11.2 Å². The number of nitrogens with zero attached hydrogens (tertiary/aromatic N) is 5. The molecule has 1 aromatic carbocycles. The van der Waals surface area contributed by atoms with E-state index in [1.165, 1.54) is 35.8 Å². The van der Waals surface area contributed by atoms with Crippen LogP contribution in [0.15, 0.2) is 45.3 Å². The van der Waals surface area contributed by atoms with Gasteiger partial charge in [0.1, 0.15) is 12.3 Å². The van der Waals surface area contributed by atoms with Gasteiger partial charge in [0, 0.05) is 14.1 Å². The Morgan fingerprint density at radius 3 is 2.62 bits per heavy atom. The maximum Gasteiger partial charge on any atom is 0.332 e. The lowest BCUT2D eigenvalue weighted by molar-refractivity contribution is -0.121. The smallest absolute Gasteiger partial charge is 0.332 e. The lowest BCUT2D eigenvalue weighted by Crippen LogP contribution is -2.38. The highest BCUT2D eigenvalue weighted by molar-refractivity contribution is 5.83. The molecule has 0 fully saturated rings. The molecule has 2 heterocycles. The fourth-order valence-electron chi connectivity index (χ4n) is 2.76. The van der Waals surface area contributed by atoms with E-state index in [0.29, 0.717) is 6.61 Å². The summed E-state index contributed by atoms with van der Waals surface area (Å²) in [6, 6.07) is 7.31. The van der Waals surface area contributed by atoms with Crippen LogP contribution in [0.5, 0.6) is 5.75 Å². The summed E-state index contributed by atoms with van der Waals surface area (Å²) in [5, 5.41) is 3.93. The Morgan fingerprint density at radius 1 is 1.21 bits per heavy atom. The predicted octanol–water partition coefficient (Wildman–Crippen LogP) is 0.373. The SMILES string of the molecule is CCCOc1ccc(/C=N/NC(=O)Cn2cnc3c2c(=O)n(C)c(=O)n3C)cc1. The molecule has 1 amide bonds. The first-order chi connectivity index (χ1) is 13.9. The van der Waals surface area contributed by atoms with Crippen molar-refractivity contribution in [1.29, 1.82) is 0 Å². The summed E-state index contributed by atoms with van der Waals surface area (Å²) in [4.78, 5) is 40.6. The Hall–Kier alpha value is -3.69. The zero-order valence-electron chi connectivity index (χ0n) is 16.5. The number of ether oxygens (including phenoxy) is 1. The standard InChI is InChI=1S/C19H22N6O4/c1-4-9-29-14-7-5-13(6-8-14)10-21-22-15(26)11-25-12-20-17-16(25)18(27)24(3)19(28)23(17)2/h5-8,10,12H,4,9,11H2,1-3H3,(H,22,26)/b21-10+. The van der Waals surface area contributed by atoms with Gasteiger partial charge in [0.25, 0.3) is 11.5 Å². The van der Waals surface area contributed by atoms with Crippen LogP contribution in [0.4, 0.5) is 0 Å². The van der Waals surface area contributed by atoms with Crippen molar-refractivity contribution in [3.63, 3.8) is 0 Å². The number of rotatable bonds is 7. The molecule has 10 nitrogen and oxygen atoms in total. The summed E-state index contributed by atoms with van der Waals surface area (Å²) in [5.41, 5.74) is 2.62. The van der Waals surface area contributed by atoms with Crippen LogP contribution in [0, 0.1) is 0 Å². The highest BCUT2D eigenvalue weighted by Gasteiger charge is 2.15. The maximum absolute atomic E-state index is 12.4. The van der Waals surface area contributed by atoms with Crippen LogP contribution in [-0.2, 0) is 25.4 Å². The molecule has 152 valence electrons. The van der Waals surface area contributed by atoms with E-state index in [1.54, 1.807) is 0 Å². The number of fused-ring (bicyclic) bond motifs is 1. The van der Waals surface area contributed by atoms with Gasteiger partial charge in [-0.25, -0.2) is 15.2 Å². The molecular weight excluding hydrogens is 376 g/mol. The zero-order chi connectivity index (χ0) is 21.0. The molecule has 10 heteroatoms. The number of aryl methyl sites for hydroxylation is 1. The van der Waals surface area contributed by atoms with Crippen molar-refractivity contribution in [3.8, 4) is 5.75 Å². The van der Waals surface area contributed by atoms with Gasteiger partial charge >= 0.3 is 5.69 Å².